The third-order valence-electron chi connectivity index (χ3n) is 4.62. The molecule has 2 heterocycles. The number of hydrogen-bond acceptors (Lipinski definition) is 4. The van der Waals surface area contributed by atoms with Gasteiger partial charge in [-0.25, -0.2) is 4.39 Å². The van der Waals surface area contributed by atoms with Crippen LogP contribution in [0.25, 0.3) is 0 Å². The summed E-state index contributed by atoms with van der Waals surface area (Å²) in [6.07, 6.45) is 1.56. The number of aromatic nitrogens is 1. The molecule has 0 radical (unpaired) electrons. The van der Waals surface area contributed by atoms with Crippen molar-refractivity contribution in [2.45, 2.75) is 13.5 Å². The fourth-order valence-electron chi connectivity index (χ4n) is 3.11. The Morgan fingerprint density at radius 2 is 1.92 bits per heavy atom. The number of hydrogen-bond donors (Lipinski definition) is 1. The predicted molar refractivity (Wildman–Crippen MR) is 94.9 cm³/mol. The lowest BCUT2D eigenvalue weighted by atomic mass is 10.1. The number of halogens is 1. The molecular weight excluding hydrogens is 337 g/mol. The first-order chi connectivity index (χ1) is 12.5. The van der Waals surface area contributed by atoms with Crippen LogP contribution >= 0.6 is 0 Å². The second-order valence-corrected chi connectivity index (χ2v) is 6.38. The van der Waals surface area contributed by atoms with Crippen molar-refractivity contribution in [2.24, 2.45) is 0 Å². The number of nitrogens with one attached hydrogen (secondary N) is 1. The molecule has 1 aromatic carbocycles. The summed E-state index contributed by atoms with van der Waals surface area (Å²) in [7, 11) is 1.57. The molecular formula is C19H22FN3O3. The maximum absolute atomic E-state index is 13.5. The van der Waals surface area contributed by atoms with Gasteiger partial charge in [-0.1, -0.05) is 0 Å². The molecule has 0 spiro atoms. The number of amides is 1. The van der Waals surface area contributed by atoms with Crippen LogP contribution < -0.4 is 4.74 Å². The van der Waals surface area contributed by atoms with E-state index >= 15 is 0 Å². The van der Waals surface area contributed by atoms with Gasteiger partial charge in [0.25, 0.3) is 5.91 Å². The number of methoxy groups -OCH3 is 1. The highest BCUT2D eigenvalue weighted by Crippen LogP contribution is 2.22. The highest BCUT2D eigenvalue weighted by Gasteiger charge is 2.24. The maximum atomic E-state index is 13.5. The van der Waals surface area contributed by atoms with E-state index in [-0.39, 0.29) is 17.5 Å². The molecule has 1 fully saturated rings. The van der Waals surface area contributed by atoms with Gasteiger partial charge in [-0.15, -0.1) is 0 Å². The van der Waals surface area contributed by atoms with E-state index in [4.69, 9.17) is 4.74 Å². The van der Waals surface area contributed by atoms with Crippen molar-refractivity contribution in [1.29, 1.82) is 0 Å². The fourth-order valence-corrected chi connectivity index (χ4v) is 3.11. The molecule has 0 aliphatic carbocycles. The quantitative estimate of drug-likeness (QED) is 0.832. The topological polar surface area (TPSA) is 65.6 Å². The summed E-state index contributed by atoms with van der Waals surface area (Å²) in [5.74, 6) is 0.185. The number of carbonyl (C=O) groups excluding carboxylic acids is 2. The van der Waals surface area contributed by atoms with E-state index in [9.17, 15) is 14.0 Å². The standard InChI is InChI=1S/C19H22FN3O3/c1-13(24)14-10-17(21-11-14)19(25)23-7-5-22(6-8-23)12-15-9-16(20)3-4-18(15)26-2/h3-4,9-11,21H,5-8,12H2,1-2H3. The summed E-state index contributed by atoms with van der Waals surface area (Å²) < 4.78 is 18.8. The van der Waals surface area contributed by atoms with Gasteiger partial charge in [0, 0.05) is 50.0 Å². The molecule has 0 bridgehead atoms. The second-order valence-electron chi connectivity index (χ2n) is 6.38. The third-order valence-corrected chi connectivity index (χ3v) is 4.62. The molecule has 0 atom stereocenters. The van der Waals surface area contributed by atoms with Crippen molar-refractivity contribution in [3.05, 3.63) is 53.1 Å². The van der Waals surface area contributed by atoms with E-state index in [1.54, 1.807) is 30.3 Å². The largest absolute Gasteiger partial charge is 0.496 e. The van der Waals surface area contributed by atoms with Gasteiger partial charge in [0.1, 0.15) is 17.3 Å². The zero-order chi connectivity index (χ0) is 18.7. The minimum Gasteiger partial charge on any atom is -0.496 e. The molecule has 2 aromatic rings. The van der Waals surface area contributed by atoms with Gasteiger partial charge in [-0.05, 0) is 31.2 Å². The van der Waals surface area contributed by atoms with Gasteiger partial charge in [0.2, 0.25) is 0 Å². The maximum Gasteiger partial charge on any atom is 0.270 e. The molecule has 0 unspecified atom stereocenters. The van der Waals surface area contributed by atoms with E-state index in [2.05, 4.69) is 9.88 Å². The smallest absolute Gasteiger partial charge is 0.270 e. The number of H-pyrrole nitrogens is 1. The molecule has 1 aliphatic rings. The number of nitrogens with zero attached hydrogens (tertiary/aromatic N) is 2. The number of aromatic amines is 1. The number of benzene rings is 1. The number of piperazine rings is 1. The molecule has 1 amide bonds. The third kappa shape index (κ3) is 3.94. The normalized spacial score (nSPS) is 15.1. The molecule has 3 rings (SSSR count). The van der Waals surface area contributed by atoms with Crippen LogP contribution in [0.2, 0.25) is 0 Å². The Morgan fingerprint density at radius 3 is 2.54 bits per heavy atom. The Labute approximate surface area is 151 Å². The highest BCUT2D eigenvalue weighted by atomic mass is 19.1. The summed E-state index contributed by atoms with van der Waals surface area (Å²) in [6, 6.07) is 6.08. The SMILES string of the molecule is COc1ccc(F)cc1CN1CCN(C(=O)c2cc(C(C)=O)c[nH]2)CC1. The number of carbonyl (C=O) groups is 2. The van der Waals surface area contributed by atoms with Crippen LogP contribution in [0.1, 0.15) is 33.3 Å². The first-order valence-corrected chi connectivity index (χ1v) is 8.51. The Hall–Kier alpha value is -2.67. The molecule has 0 saturated carbocycles. The summed E-state index contributed by atoms with van der Waals surface area (Å²) in [5, 5.41) is 0. The van der Waals surface area contributed by atoms with E-state index in [0.29, 0.717) is 49.7 Å². The minimum absolute atomic E-state index is 0.0749. The lowest BCUT2D eigenvalue weighted by molar-refractivity contribution is 0.0622. The zero-order valence-corrected chi connectivity index (χ0v) is 14.9. The summed E-state index contributed by atoms with van der Waals surface area (Å²) >= 11 is 0. The minimum atomic E-state index is -0.289. The monoisotopic (exact) mass is 359 g/mol. The lowest BCUT2D eigenvalue weighted by Crippen LogP contribution is -2.48. The van der Waals surface area contributed by atoms with Gasteiger partial charge >= 0.3 is 0 Å². The molecule has 1 saturated heterocycles. The van der Waals surface area contributed by atoms with Gasteiger partial charge in [-0.2, -0.15) is 0 Å². The average Bonchev–Trinajstić information content (AvgIpc) is 3.12. The van der Waals surface area contributed by atoms with Crippen LogP contribution in [-0.4, -0.2) is 59.8 Å². The highest BCUT2D eigenvalue weighted by molar-refractivity contribution is 5.99. The van der Waals surface area contributed by atoms with E-state index < -0.39 is 0 Å². The second kappa shape index (κ2) is 7.70. The van der Waals surface area contributed by atoms with E-state index in [1.807, 2.05) is 0 Å². The average molecular weight is 359 g/mol. The zero-order valence-electron chi connectivity index (χ0n) is 14.9. The van der Waals surface area contributed by atoms with Crippen molar-refractivity contribution in [3.8, 4) is 5.75 Å². The van der Waals surface area contributed by atoms with Crippen molar-refractivity contribution in [2.75, 3.05) is 33.3 Å². The predicted octanol–water partition coefficient (Wildman–Crippen LogP) is 2.32. The van der Waals surface area contributed by atoms with Crippen molar-refractivity contribution in [1.82, 2.24) is 14.8 Å². The van der Waals surface area contributed by atoms with Gasteiger partial charge in [0.15, 0.2) is 5.78 Å². The number of ketones is 1. The molecule has 6 nitrogen and oxygen atoms in total. The summed E-state index contributed by atoms with van der Waals surface area (Å²) in [4.78, 5) is 30.7. The van der Waals surface area contributed by atoms with Crippen LogP contribution in [0.3, 0.4) is 0 Å². The van der Waals surface area contributed by atoms with Crippen LogP contribution in [-0.2, 0) is 6.54 Å². The van der Waals surface area contributed by atoms with Gasteiger partial charge in [-0.3, -0.25) is 14.5 Å². The first kappa shape index (κ1) is 18.1. The van der Waals surface area contributed by atoms with Crippen LogP contribution in [0.15, 0.2) is 30.5 Å². The van der Waals surface area contributed by atoms with E-state index in [0.717, 1.165) is 5.56 Å². The van der Waals surface area contributed by atoms with Crippen molar-refractivity contribution in [3.63, 3.8) is 0 Å². The molecule has 1 N–H and O–H groups in total. The molecule has 7 heteroatoms. The Balaban J connectivity index is 1.59. The van der Waals surface area contributed by atoms with Gasteiger partial charge < -0.3 is 14.6 Å². The van der Waals surface area contributed by atoms with Crippen LogP contribution in [0.4, 0.5) is 4.39 Å². The number of rotatable bonds is 5. The summed E-state index contributed by atoms with van der Waals surface area (Å²) in [6.45, 7) is 4.56. The lowest BCUT2D eigenvalue weighted by Gasteiger charge is -2.34. The molecule has 26 heavy (non-hydrogen) atoms. The van der Waals surface area contributed by atoms with Crippen molar-refractivity contribution >= 4 is 11.7 Å². The molecule has 1 aromatic heterocycles. The number of ether oxygens (including phenoxy) is 1. The Kier molecular flexibility index (Phi) is 5.37. The molecule has 1 aliphatic heterocycles. The first-order valence-electron chi connectivity index (χ1n) is 8.51. The molecule has 138 valence electrons. The Morgan fingerprint density at radius 1 is 1.19 bits per heavy atom. The summed E-state index contributed by atoms with van der Waals surface area (Å²) in [5.41, 5.74) is 1.73. The Bertz CT molecular complexity index is 810. The van der Waals surface area contributed by atoms with Crippen LogP contribution in [0.5, 0.6) is 5.75 Å². The van der Waals surface area contributed by atoms with Crippen LogP contribution in [0, 0.1) is 5.82 Å². The van der Waals surface area contributed by atoms with Gasteiger partial charge in [0.05, 0.1) is 7.11 Å². The van der Waals surface area contributed by atoms with Crippen molar-refractivity contribution < 1.29 is 18.7 Å². The fraction of sp³-hybridized carbons (Fsp3) is 0.368. The van der Waals surface area contributed by atoms with E-state index in [1.165, 1.54) is 19.1 Å². The number of Topliss-reactive ketones (excluding diaryl/α,β-unsaturated/α-hetero) is 1.